The van der Waals surface area contributed by atoms with Crippen LogP contribution in [0.5, 0.6) is 5.75 Å². The highest BCUT2D eigenvalue weighted by Crippen LogP contribution is 2.31. The van der Waals surface area contributed by atoms with Gasteiger partial charge in [-0.15, -0.1) is 0 Å². The summed E-state index contributed by atoms with van der Waals surface area (Å²) in [7, 11) is 1.55. The number of hydrogen-bond acceptors (Lipinski definition) is 3. The topological polar surface area (TPSA) is 64.3 Å². The van der Waals surface area contributed by atoms with Crippen molar-refractivity contribution in [1.29, 1.82) is 0 Å². The molecule has 0 spiro atoms. The first-order valence-electron chi connectivity index (χ1n) is 5.92. The van der Waals surface area contributed by atoms with Crippen LogP contribution in [0.25, 0.3) is 0 Å². The van der Waals surface area contributed by atoms with Crippen LogP contribution in [0.2, 0.25) is 0 Å². The summed E-state index contributed by atoms with van der Waals surface area (Å²) in [5.41, 5.74) is 6.74. The van der Waals surface area contributed by atoms with Gasteiger partial charge in [0.1, 0.15) is 5.75 Å². The van der Waals surface area contributed by atoms with Crippen LogP contribution >= 0.6 is 0 Å². The second kappa shape index (κ2) is 5.08. The minimum absolute atomic E-state index is 0.116. The van der Waals surface area contributed by atoms with E-state index in [1.165, 1.54) is 12.8 Å². The highest BCUT2D eigenvalue weighted by atomic mass is 16.5. The van der Waals surface area contributed by atoms with Crippen LogP contribution in [0, 0.1) is 5.92 Å². The highest BCUT2D eigenvalue weighted by Gasteiger charge is 2.21. The summed E-state index contributed by atoms with van der Waals surface area (Å²) in [6.45, 7) is 0.724. The molecule has 1 aliphatic rings. The lowest BCUT2D eigenvalue weighted by molar-refractivity contribution is 0.0949. The molecule has 0 heterocycles. The summed E-state index contributed by atoms with van der Waals surface area (Å²) < 4.78 is 5.14. The van der Waals surface area contributed by atoms with Crippen LogP contribution in [0.4, 0.5) is 5.69 Å². The quantitative estimate of drug-likeness (QED) is 0.764. The molecule has 17 heavy (non-hydrogen) atoms. The molecule has 1 aromatic rings. The van der Waals surface area contributed by atoms with Crippen LogP contribution < -0.4 is 15.8 Å². The number of nitrogen functional groups attached to an aromatic ring is 1. The number of carbonyl (C=O) groups excluding carboxylic acids is 1. The van der Waals surface area contributed by atoms with Crippen molar-refractivity contribution in [1.82, 2.24) is 5.32 Å². The molecule has 2 rings (SSSR count). The number of methoxy groups -OCH3 is 1. The van der Waals surface area contributed by atoms with Gasteiger partial charge in [0.05, 0.1) is 12.7 Å². The molecule has 4 heteroatoms. The average molecular weight is 234 g/mol. The van der Waals surface area contributed by atoms with Gasteiger partial charge in [-0.2, -0.15) is 0 Å². The molecular formula is C13H18N2O2. The van der Waals surface area contributed by atoms with Gasteiger partial charge >= 0.3 is 0 Å². The Bertz CT molecular complexity index is 414. The van der Waals surface area contributed by atoms with Crippen molar-refractivity contribution in [3.05, 3.63) is 23.8 Å². The lowest BCUT2D eigenvalue weighted by atomic mass is 10.1. The van der Waals surface area contributed by atoms with Crippen LogP contribution in [0.3, 0.4) is 0 Å². The molecule has 0 radical (unpaired) electrons. The van der Waals surface area contributed by atoms with E-state index >= 15 is 0 Å². The third-order valence-electron chi connectivity index (χ3n) is 3.00. The molecule has 0 bridgehead atoms. The van der Waals surface area contributed by atoms with Gasteiger partial charge in [0.2, 0.25) is 0 Å². The van der Waals surface area contributed by atoms with E-state index in [1.54, 1.807) is 25.3 Å². The minimum Gasteiger partial charge on any atom is -0.496 e. The van der Waals surface area contributed by atoms with E-state index in [2.05, 4.69) is 5.32 Å². The zero-order valence-electron chi connectivity index (χ0n) is 10.0. The Morgan fingerprint density at radius 2 is 2.29 bits per heavy atom. The van der Waals surface area contributed by atoms with Crippen molar-refractivity contribution >= 4 is 11.6 Å². The number of amides is 1. The van der Waals surface area contributed by atoms with E-state index in [0.29, 0.717) is 17.0 Å². The van der Waals surface area contributed by atoms with Gasteiger partial charge in [0.15, 0.2) is 0 Å². The summed E-state index contributed by atoms with van der Waals surface area (Å²) >= 11 is 0. The number of ether oxygens (including phenoxy) is 1. The molecule has 0 aromatic heterocycles. The Morgan fingerprint density at radius 1 is 1.53 bits per heavy atom. The molecule has 92 valence electrons. The maximum absolute atomic E-state index is 11.9. The smallest absolute Gasteiger partial charge is 0.255 e. The van der Waals surface area contributed by atoms with E-state index in [0.717, 1.165) is 18.9 Å². The summed E-state index contributed by atoms with van der Waals surface area (Å²) in [6.07, 6.45) is 3.67. The SMILES string of the molecule is COc1ccc(N)cc1C(=O)NCCC1CC1. The third kappa shape index (κ3) is 3.12. The summed E-state index contributed by atoms with van der Waals surface area (Å²) in [5, 5.41) is 2.90. The Morgan fingerprint density at radius 3 is 2.94 bits per heavy atom. The van der Waals surface area contributed by atoms with Crippen LogP contribution in [-0.4, -0.2) is 19.6 Å². The van der Waals surface area contributed by atoms with Crippen molar-refractivity contribution in [2.45, 2.75) is 19.3 Å². The number of anilines is 1. The number of carbonyl (C=O) groups is 1. The van der Waals surface area contributed by atoms with Crippen LogP contribution in [0.15, 0.2) is 18.2 Å². The van der Waals surface area contributed by atoms with E-state index in [9.17, 15) is 4.79 Å². The fourth-order valence-corrected chi connectivity index (χ4v) is 1.79. The largest absolute Gasteiger partial charge is 0.496 e. The molecule has 0 saturated heterocycles. The van der Waals surface area contributed by atoms with Crippen LogP contribution in [-0.2, 0) is 0 Å². The molecule has 1 amide bonds. The molecule has 1 aliphatic carbocycles. The highest BCUT2D eigenvalue weighted by molar-refractivity contribution is 5.97. The zero-order valence-corrected chi connectivity index (χ0v) is 10.0. The maximum Gasteiger partial charge on any atom is 0.255 e. The van der Waals surface area contributed by atoms with Crippen LogP contribution in [0.1, 0.15) is 29.6 Å². The lowest BCUT2D eigenvalue weighted by Crippen LogP contribution is -2.25. The molecule has 0 unspecified atom stereocenters. The standard InChI is InChI=1S/C13H18N2O2/c1-17-12-5-4-10(14)8-11(12)13(16)15-7-6-9-2-3-9/h4-5,8-9H,2-3,6-7,14H2,1H3,(H,15,16). The Balaban J connectivity index is 1.98. The predicted molar refractivity (Wildman–Crippen MR) is 67.1 cm³/mol. The summed E-state index contributed by atoms with van der Waals surface area (Å²) in [5.74, 6) is 1.26. The summed E-state index contributed by atoms with van der Waals surface area (Å²) in [6, 6.07) is 5.08. The molecule has 0 aliphatic heterocycles. The molecule has 3 N–H and O–H groups in total. The number of nitrogens with one attached hydrogen (secondary N) is 1. The molecule has 4 nitrogen and oxygen atoms in total. The third-order valence-corrected chi connectivity index (χ3v) is 3.00. The normalized spacial score (nSPS) is 14.4. The van der Waals surface area contributed by atoms with E-state index in [4.69, 9.17) is 10.5 Å². The number of nitrogens with two attached hydrogens (primary N) is 1. The van der Waals surface area contributed by atoms with E-state index in [1.807, 2.05) is 0 Å². The maximum atomic E-state index is 11.9. The van der Waals surface area contributed by atoms with E-state index < -0.39 is 0 Å². The zero-order chi connectivity index (χ0) is 12.3. The number of benzene rings is 1. The second-order valence-corrected chi connectivity index (χ2v) is 4.45. The average Bonchev–Trinajstić information content (AvgIpc) is 3.13. The Labute approximate surface area is 101 Å². The van der Waals surface area contributed by atoms with Gasteiger partial charge in [0.25, 0.3) is 5.91 Å². The molecule has 1 fully saturated rings. The first-order chi connectivity index (χ1) is 8.20. The van der Waals surface area contributed by atoms with Gasteiger partial charge in [0, 0.05) is 12.2 Å². The first kappa shape index (κ1) is 11.8. The Hall–Kier alpha value is -1.71. The minimum atomic E-state index is -0.116. The molecule has 1 saturated carbocycles. The van der Waals surface area contributed by atoms with Crippen molar-refractivity contribution in [2.75, 3.05) is 19.4 Å². The molecule has 1 aromatic carbocycles. The van der Waals surface area contributed by atoms with Gasteiger partial charge in [-0.05, 0) is 30.5 Å². The first-order valence-corrected chi connectivity index (χ1v) is 5.92. The van der Waals surface area contributed by atoms with Gasteiger partial charge in [-0.25, -0.2) is 0 Å². The van der Waals surface area contributed by atoms with Gasteiger partial charge in [-0.1, -0.05) is 12.8 Å². The van der Waals surface area contributed by atoms with Crippen molar-refractivity contribution < 1.29 is 9.53 Å². The Kier molecular flexibility index (Phi) is 3.52. The lowest BCUT2D eigenvalue weighted by Gasteiger charge is -2.09. The number of rotatable bonds is 5. The summed E-state index contributed by atoms with van der Waals surface area (Å²) in [4.78, 5) is 11.9. The van der Waals surface area contributed by atoms with Gasteiger partial charge in [-0.3, -0.25) is 4.79 Å². The fourth-order valence-electron chi connectivity index (χ4n) is 1.79. The van der Waals surface area contributed by atoms with Crippen molar-refractivity contribution in [3.8, 4) is 5.75 Å². The van der Waals surface area contributed by atoms with Crippen molar-refractivity contribution in [3.63, 3.8) is 0 Å². The number of hydrogen-bond donors (Lipinski definition) is 2. The van der Waals surface area contributed by atoms with Gasteiger partial charge < -0.3 is 15.8 Å². The second-order valence-electron chi connectivity index (χ2n) is 4.45. The monoisotopic (exact) mass is 234 g/mol. The molecular weight excluding hydrogens is 216 g/mol. The molecule has 0 atom stereocenters. The predicted octanol–water partition coefficient (Wildman–Crippen LogP) is 1.81. The van der Waals surface area contributed by atoms with E-state index in [-0.39, 0.29) is 5.91 Å². The van der Waals surface area contributed by atoms with Crippen molar-refractivity contribution in [2.24, 2.45) is 5.92 Å². The fraction of sp³-hybridized carbons (Fsp3) is 0.462.